The fourth-order valence-corrected chi connectivity index (χ4v) is 4.30. The molecule has 0 aliphatic carbocycles. The van der Waals surface area contributed by atoms with Crippen LogP contribution in [-0.4, -0.2) is 41.2 Å². The average molecular weight is 469 g/mol. The maximum Gasteiger partial charge on any atom is 0.251 e. The number of hydrogen-bond acceptors (Lipinski definition) is 5. The van der Waals surface area contributed by atoms with E-state index in [1.807, 2.05) is 18.2 Å². The van der Waals surface area contributed by atoms with Crippen LogP contribution in [0.2, 0.25) is 0 Å². The molecule has 0 radical (unpaired) electrons. The summed E-state index contributed by atoms with van der Waals surface area (Å²) in [6.45, 7) is 0.978. The predicted octanol–water partition coefficient (Wildman–Crippen LogP) is 2.63. The first kappa shape index (κ1) is 20.8. The maximum atomic E-state index is 12.6. The normalized spacial score (nSPS) is 16.1. The number of methoxy groups -OCH3 is 1. The summed E-state index contributed by atoms with van der Waals surface area (Å²) >= 11 is 3.44. The Morgan fingerprint density at radius 2 is 2.00 bits per heavy atom. The van der Waals surface area contributed by atoms with Crippen molar-refractivity contribution in [2.75, 3.05) is 26.9 Å². The summed E-state index contributed by atoms with van der Waals surface area (Å²) in [5.74, 6) is 0.484. The topological polar surface area (TPSA) is 93.7 Å². The molecule has 0 saturated heterocycles. The molecular formula is C19H21BrN2O5S. The number of sulfonamides is 1. The second kappa shape index (κ2) is 9.04. The third-order valence-corrected chi connectivity index (χ3v) is 6.31. The monoisotopic (exact) mass is 468 g/mol. The lowest BCUT2D eigenvalue weighted by atomic mass is 10.00. The van der Waals surface area contributed by atoms with Gasteiger partial charge in [0.2, 0.25) is 10.0 Å². The molecule has 2 aromatic rings. The number of amides is 1. The minimum Gasteiger partial charge on any atom is -0.493 e. The fourth-order valence-electron chi connectivity index (χ4n) is 2.90. The molecule has 0 fully saturated rings. The van der Waals surface area contributed by atoms with Crippen molar-refractivity contribution in [3.8, 4) is 5.75 Å². The number of benzene rings is 2. The Morgan fingerprint density at radius 1 is 1.25 bits per heavy atom. The molecular weight excluding hydrogens is 448 g/mol. The first-order valence-corrected chi connectivity index (χ1v) is 11.0. The van der Waals surface area contributed by atoms with Gasteiger partial charge in [-0.15, -0.1) is 0 Å². The molecule has 1 aliphatic heterocycles. The van der Waals surface area contributed by atoms with E-state index in [-0.39, 0.29) is 30.0 Å². The van der Waals surface area contributed by atoms with Crippen LogP contribution in [0.5, 0.6) is 5.75 Å². The molecule has 0 spiro atoms. The van der Waals surface area contributed by atoms with Crippen molar-refractivity contribution in [3.63, 3.8) is 0 Å². The van der Waals surface area contributed by atoms with E-state index in [4.69, 9.17) is 9.47 Å². The van der Waals surface area contributed by atoms with Gasteiger partial charge in [0, 0.05) is 35.7 Å². The van der Waals surface area contributed by atoms with Gasteiger partial charge < -0.3 is 14.8 Å². The summed E-state index contributed by atoms with van der Waals surface area (Å²) < 4.78 is 38.2. The summed E-state index contributed by atoms with van der Waals surface area (Å²) in [4.78, 5) is 12.7. The number of carbonyl (C=O) groups excluding carboxylic acids is 1. The standard InChI is InChI=1S/C19H21BrN2O5S/c1-26-11-9-21-28(24,25)15-5-2-13(3-6-15)19(23)22-17-8-10-27-18-7-4-14(20)12-16(17)18/h2-7,12,17,21H,8-11H2,1H3,(H,22,23). The molecule has 7 nitrogen and oxygen atoms in total. The molecule has 1 heterocycles. The van der Waals surface area contributed by atoms with Gasteiger partial charge >= 0.3 is 0 Å². The summed E-state index contributed by atoms with van der Waals surface area (Å²) in [5.41, 5.74) is 1.30. The highest BCUT2D eigenvalue weighted by Gasteiger charge is 2.24. The van der Waals surface area contributed by atoms with E-state index < -0.39 is 10.0 Å². The Labute approximate surface area is 172 Å². The molecule has 1 aliphatic rings. The molecule has 2 N–H and O–H groups in total. The Morgan fingerprint density at radius 3 is 2.71 bits per heavy atom. The molecule has 0 aromatic heterocycles. The van der Waals surface area contributed by atoms with Crippen molar-refractivity contribution >= 4 is 31.9 Å². The Kier molecular flexibility index (Phi) is 6.71. The van der Waals surface area contributed by atoms with E-state index in [0.29, 0.717) is 18.6 Å². The van der Waals surface area contributed by atoms with Crippen molar-refractivity contribution in [1.82, 2.24) is 10.0 Å². The van der Waals surface area contributed by atoms with Gasteiger partial charge in [-0.3, -0.25) is 4.79 Å². The molecule has 1 amide bonds. The molecule has 3 rings (SSSR count). The summed E-state index contributed by atoms with van der Waals surface area (Å²) in [7, 11) is -2.13. The Hall–Kier alpha value is -1.94. The van der Waals surface area contributed by atoms with Crippen molar-refractivity contribution in [3.05, 3.63) is 58.1 Å². The second-order valence-corrected chi connectivity index (χ2v) is 8.94. The van der Waals surface area contributed by atoms with Gasteiger partial charge in [-0.1, -0.05) is 15.9 Å². The van der Waals surface area contributed by atoms with Crippen LogP contribution in [0.3, 0.4) is 0 Å². The SMILES string of the molecule is COCCNS(=O)(=O)c1ccc(C(=O)NC2CCOc3ccc(Br)cc32)cc1. The van der Waals surface area contributed by atoms with Gasteiger partial charge in [0.25, 0.3) is 5.91 Å². The van der Waals surface area contributed by atoms with E-state index in [1.54, 1.807) is 0 Å². The molecule has 0 bridgehead atoms. The van der Waals surface area contributed by atoms with E-state index in [9.17, 15) is 13.2 Å². The van der Waals surface area contributed by atoms with Crippen LogP contribution < -0.4 is 14.8 Å². The number of ether oxygens (including phenoxy) is 2. The van der Waals surface area contributed by atoms with Crippen molar-refractivity contribution in [2.24, 2.45) is 0 Å². The first-order valence-electron chi connectivity index (χ1n) is 8.72. The summed E-state index contributed by atoms with van der Waals surface area (Å²) in [5, 5.41) is 3.00. The van der Waals surface area contributed by atoms with E-state index in [1.165, 1.54) is 31.4 Å². The number of hydrogen-bond donors (Lipinski definition) is 2. The van der Waals surface area contributed by atoms with Crippen LogP contribution in [0.15, 0.2) is 51.8 Å². The maximum absolute atomic E-state index is 12.6. The third kappa shape index (κ3) is 4.91. The number of rotatable bonds is 7. The zero-order valence-corrected chi connectivity index (χ0v) is 17.7. The molecule has 1 unspecified atom stereocenters. The Balaban J connectivity index is 1.70. The minimum absolute atomic E-state index is 0.0977. The summed E-state index contributed by atoms with van der Waals surface area (Å²) in [6, 6.07) is 11.4. The smallest absolute Gasteiger partial charge is 0.251 e. The largest absolute Gasteiger partial charge is 0.493 e. The van der Waals surface area contributed by atoms with Crippen LogP contribution in [-0.2, 0) is 14.8 Å². The van der Waals surface area contributed by atoms with E-state index >= 15 is 0 Å². The van der Waals surface area contributed by atoms with Crippen LogP contribution in [0.1, 0.15) is 28.4 Å². The quantitative estimate of drug-likeness (QED) is 0.609. The van der Waals surface area contributed by atoms with Gasteiger partial charge in [-0.05, 0) is 42.5 Å². The lowest BCUT2D eigenvalue weighted by Gasteiger charge is -2.27. The molecule has 28 heavy (non-hydrogen) atoms. The molecule has 2 aromatic carbocycles. The van der Waals surface area contributed by atoms with E-state index in [0.717, 1.165) is 15.8 Å². The first-order chi connectivity index (χ1) is 13.4. The van der Waals surface area contributed by atoms with Crippen molar-refractivity contribution < 1.29 is 22.7 Å². The fraction of sp³-hybridized carbons (Fsp3) is 0.316. The highest BCUT2D eigenvalue weighted by Crippen LogP contribution is 2.34. The van der Waals surface area contributed by atoms with Gasteiger partial charge in [0.15, 0.2) is 0 Å². The van der Waals surface area contributed by atoms with Crippen LogP contribution >= 0.6 is 15.9 Å². The van der Waals surface area contributed by atoms with Gasteiger partial charge in [-0.25, -0.2) is 13.1 Å². The molecule has 1 atom stereocenters. The Bertz CT molecular complexity index is 947. The lowest BCUT2D eigenvalue weighted by Crippen LogP contribution is -2.32. The van der Waals surface area contributed by atoms with E-state index in [2.05, 4.69) is 26.0 Å². The molecule has 150 valence electrons. The zero-order chi connectivity index (χ0) is 20.1. The second-order valence-electron chi connectivity index (χ2n) is 6.26. The van der Waals surface area contributed by atoms with Crippen molar-refractivity contribution in [2.45, 2.75) is 17.4 Å². The van der Waals surface area contributed by atoms with Gasteiger partial charge in [-0.2, -0.15) is 0 Å². The van der Waals surface area contributed by atoms with Gasteiger partial charge in [0.1, 0.15) is 5.75 Å². The van der Waals surface area contributed by atoms with Crippen LogP contribution in [0.25, 0.3) is 0 Å². The summed E-state index contributed by atoms with van der Waals surface area (Å²) in [6.07, 6.45) is 0.658. The number of nitrogens with one attached hydrogen (secondary N) is 2. The van der Waals surface area contributed by atoms with Gasteiger partial charge in [0.05, 0.1) is 24.2 Å². The predicted molar refractivity (Wildman–Crippen MR) is 108 cm³/mol. The number of halogens is 1. The van der Waals surface area contributed by atoms with Crippen LogP contribution in [0, 0.1) is 0 Å². The highest BCUT2D eigenvalue weighted by molar-refractivity contribution is 9.10. The highest BCUT2D eigenvalue weighted by atomic mass is 79.9. The minimum atomic E-state index is -3.63. The molecule has 9 heteroatoms. The van der Waals surface area contributed by atoms with Crippen molar-refractivity contribution in [1.29, 1.82) is 0 Å². The number of carbonyl (C=O) groups is 1. The number of fused-ring (bicyclic) bond motifs is 1. The van der Waals surface area contributed by atoms with Crippen LogP contribution in [0.4, 0.5) is 0 Å². The molecule has 0 saturated carbocycles. The average Bonchev–Trinajstić information content (AvgIpc) is 2.68. The zero-order valence-electron chi connectivity index (χ0n) is 15.3. The third-order valence-electron chi connectivity index (χ3n) is 4.34. The lowest BCUT2D eigenvalue weighted by molar-refractivity contribution is 0.0924.